The number of piperidine rings is 1. The van der Waals surface area contributed by atoms with Crippen LogP contribution in [0.3, 0.4) is 0 Å². The number of aromatic amines is 1. The Hall–Kier alpha value is -3.43. The lowest BCUT2D eigenvalue weighted by molar-refractivity contribution is 0.0713. The van der Waals surface area contributed by atoms with Gasteiger partial charge in [-0.3, -0.25) is 4.79 Å². The second-order valence-electron chi connectivity index (χ2n) is 8.39. The average Bonchev–Trinajstić information content (AvgIpc) is 3.17. The molecule has 0 atom stereocenters. The molecule has 0 radical (unpaired) electrons. The molecule has 1 aliphatic heterocycles. The normalized spacial score (nSPS) is 14.4. The third kappa shape index (κ3) is 4.44. The number of nitrogens with one attached hydrogen (secondary N) is 1. The van der Waals surface area contributed by atoms with E-state index in [0.717, 1.165) is 54.3 Å². The molecule has 0 saturated carbocycles. The van der Waals surface area contributed by atoms with Gasteiger partial charge in [-0.2, -0.15) is 5.26 Å². The van der Waals surface area contributed by atoms with E-state index in [4.69, 9.17) is 10.00 Å². The van der Waals surface area contributed by atoms with Crippen LogP contribution in [0.5, 0.6) is 0 Å². The standard InChI is InChI=1S/C26H28N4O2/c1-17-25(29-18(2)28-17)24-14-22(8-9-23(24)16-32-3)26(31)30-12-10-21(11-13-30)20-6-4-19(15-27)5-7-20/h4-9,14,21H,10-13,16H2,1-3H3,(H,28,29). The maximum atomic E-state index is 13.3. The van der Waals surface area contributed by atoms with Crippen molar-refractivity contribution in [3.8, 4) is 17.3 Å². The summed E-state index contributed by atoms with van der Waals surface area (Å²) in [6.07, 6.45) is 1.84. The Kier molecular flexibility index (Phi) is 6.38. The highest BCUT2D eigenvalue weighted by Crippen LogP contribution is 2.31. The fourth-order valence-corrected chi connectivity index (χ4v) is 4.52. The molecule has 0 aliphatic carbocycles. The van der Waals surface area contributed by atoms with Crippen LogP contribution in [0.4, 0.5) is 0 Å². The summed E-state index contributed by atoms with van der Waals surface area (Å²) in [7, 11) is 1.67. The molecule has 1 saturated heterocycles. The number of nitrogens with zero attached hydrogens (tertiary/aromatic N) is 3. The Morgan fingerprint density at radius 2 is 1.91 bits per heavy atom. The number of aromatic nitrogens is 2. The van der Waals surface area contributed by atoms with Gasteiger partial charge in [0.15, 0.2) is 0 Å². The van der Waals surface area contributed by atoms with E-state index in [9.17, 15) is 4.79 Å². The zero-order valence-electron chi connectivity index (χ0n) is 18.8. The van der Waals surface area contributed by atoms with Gasteiger partial charge in [0.05, 0.1) is 29.6 Å². The van der Waals surface area contributed by atoms with Crippen molar-refractivity contribution in [3.63, 3.8) is 0 Å². The van der Waals surface area contributed by atoms with E-state index >= 15 is 0 Å². The molecule has 1 amide bonds. The zero-order chi connectivity index (χ0) is 22.7. The van der Waals surface area contributed by atoms with Crippen molar-refractivity contribution in [1.82, 2.24) is 14.9 Å². The molecule has 1 aliphatic rings. The van der Waals surface area contributed by atoms with Crippen molar-refractivity contribution in [1.29, 1.82) is 5.26 Å². The van der Waals surface area contributed by atoms with Gasteiger partial charge in [-0.25, -0.2) is 4.98 Å². The molecule has 2 heterocycles. The first-order valence-electron chi connectivity index (χ1n) is 10.9. The van der Waals surface area contributed by atoms with Gasteiger partial charge in [-0.15, -0.1) is 0 Å². The van der Waals surface area contributed by atoms with Crippen LogP contribution in [-0.4, -0.2) is 41.0 Å². The number of aryl methyl sites for hydroxylation is 2. The predicted molar refractivity (Wildman–Crippen MR) is 123 cm³/mol. The second-order valence-corrected chi connectivity index (χ2v) is 8.39. The Balaban J connectivity index is 1.51. The number of carbonyl (C=O) groups is 1. The number of carbonyl (C=O) groups excluding carboxylic acids is 1. The van der Waals surface area contributed by atoms with Crippen molar-refractivity contribution < 1.29 is 9.53 Å². The molecule has 4 rings (SSSR count). The first-order chi connectivity index (χ1) is 15.5. The number of ether oxygens (including phenoxy) is 1. The number of H-pyrrole nitrogens is 1. The van der Waals surface area contributed by atoms with Gasteiger partial charge in [0.25, 0.3) is 5.91 Å². The van der Waals surface area contributed by atoms with E-state index in [1.807, 2.05) is 61.2 Å². The van der Waals surface area contributed by atoms with Crippen LogP contribution in [0, 0.1) is 25.2 Å². The largest absolute Gasteiger partial charge is 0.380 e. The number of amides is 1. The molecule has 6 heteroatoms. The lowest BCUT2D eigenvalue weighted by atomic mass is 9.88. The van der Waals surface area contributed by atoms with Crippen molar-refractivity contribution in [2.45, 2.75) is 39.2 Å². The fraction of sp³-hybridized carbons (Fsp3) is 0.346. The second kappa shape index (κ2) is 9.37. The summed E-state index contributed by atoms with van der Waals surface area (Å²) in [5, 5.41) is 8.99. The number of benzene rings is 2. The van der Waals surface area contributed by atoms with Crippen LogP contribution in [0.25, 0.3) is 11.3 Å². The molecule has 1 aromatic heterocycles. The van der Waals surface area contributed by atoms with Gasteiger partial charge in [0.2, 0.25) is 0 Å². The van der Waals surface area contributed by atoms with E-state index in [1.54, 1.807) is 7.11 Å². The maximum absolute atomic E-state index is 13.3. The molecular formula is C26H28N4O2. The van der Waals surface area contributed by atoms with E-state index in [2.05, 4.69) is 16.0 Å². The minimum atomic E-state index is 0.0578. The van der Waals surface area contributed by atoms with Crippen LogP contribution >= 0.6 is 0 Å². The lowest BCUT2D eigenvalue weighted by Crippen LogP contribution is -2.38. The van der Waals surface area contributed by atoms with Crippen LogP contribution in [0.15, 0.2) is 42.5 Å². The number of hydrogen-bond donors (Lipinski definition) is 1. The van der Waals surface area contributed by atoms with Crippen LogP contribution < -0.4 is 0 Å². The summed E-state index contributed by atoms with van der Waals surface area (Å²) in [4.78, 5) is 23.1. The number of rotatable bonds is 5. The highest BCUT2D eigenvalue weighted by atomic mass is 16.5. The minimum Gasteiger partial charge on any atom is -0.380 e. The molecule has 2 aromatic carbocycles. The molecule has 1 N–H and O–H groups in total. The molecule has 164 valence electrons. The number of nitriles is 1. The smallest absolute Gasteiger partial charge is 0.253 e. The van der Waals surface area contributed by atoms with Gasteiger partial charge in [0, 0.05) is 31.3 Å². The molecule has 0 spiro atoms. The highest BCUT2D eigenvalue weighted by molar-refractivity contribution is 5.95. The van der Waals surface area contributed by atoms with Crippen LogP contribution in [-0.2, 0) is 11.3 Å². The average molecular weight is 429 g/mol. The third-order valence-corrected chi connectivity index (χ3v) is 6.22. The van der Waals surface area contributed by atoms with Gasteiger partial charge >= 0.3 is 0 Å². The number of methoxy groups -OCH3 is 1. The molecule has 32 heavy (non-hydrogen) atoms. The first-order valence-corrected chi connectivity index (χ1v) is 10.9. The van der Waals surface area contributed by atoms with E-state index in [1.165, 1.54) is 5.56 Å². The summed E-state index contributed by atoms with van der Waals surface area (Å²) in [6, 6.07) is 15.8. The number of hydrogen-bond acceptors (Lipinski definition) is 4. The highest BCUT2D eigenvalue weighted by Gasteiger charge is 2.25. The number of imidazole rings is 1. The molecule has 3 aromatic rings. The Morgan fingerprint density at radius 1 is 1.19 bits per heavy atom. The Labute approximate surface area is 188 Å². The summed E-state index contributed by atoms with van der Waals surface area (Å²) in [6.45, 7) is 5.82. The molecular weight excluding hydrogens is 400 g/mol. The topological polar surface area (TPSA) is 82.0 Å². The Bertz CT molecular complexity index is 1150. The van der Waals surface area contributed by atoms with Crippen molar-refractivity contribution in [2.24, 2.45) is 0 Å². The zero-order valence-corrected chi connectivity index (χ0v) is 18.8. The molecule has 1 fully saturated rings. The first kappa shape index (κ1) is 21.8. The molecule has 6 nitrogen and oxygen atoms in total. The van der Waals surface area contributed by atoms with Gasteiger partial charge in [0.1, 0.15) is 5.82 Å². The van der Waals surface area contributed by atoms with Gasteiger partial charge < -0.3 is 14.6 Å². The van der Waals surface area contributed by atoms with Gasteiger partial charge in [-0.05, 0) is 68.0 Å². The lowest BCUT2D eigenvalue weighted by Gasteiger charge is -2.32. The number of likely N-dealkylation sites (tertiary alicyclic amines) is 1. The van der Waals surface area contributed by atoms with Crippen LogP contribution in [0.2, 0.25) is 0 Å². The summed E-state index contributed by atoms with van der Waals surface area (Å²) < 4.78 is 5.37. The third-order valence-electron chi connectivity index (χ3n) is 6.22. The van der Waals surface area contributed by atoms with E-state index in [0.29, 0.717) is 23.7 Å². The van der Waals surface area contributed by atoms with Crippen molar-refractivity contribution in [2.75, 3.05) is 20.2 Å². The van der Waals surface area contributed by atoms with E-state index in [-0.39, 0.29) is 5.91 Å². The van der Waals surface area contributed by atoms with Crippen LogP contribution in [0.1, 0.15) is 57.3 Å². The summed E-state index contributed by atoms with van der Waals surface area (Å²) in [5.74, 6) is 1.33. The Morgan fingerprint density at radius 3 is 2.50 bits per heavy atom. The molecule has 0 bridgehead atoms. The minimum absolute atomic E-state index is 0.0578. The maximum Gasteiger partial charge on any atom is 0.253 e. The van der Waals surface area contributed by atoms with Crippen molar-refractivity contribution in [3.05, 3.63) is 76.2 Å². The molecule has 0 unspecified atom stereocenters. The van der Waals surface area contributed by atoms with Gasteiger partial charge in [-0.1, -0.05) is 18.2 Å². The fourth-order valence-electron chi connectivity index (χ4n) is 4.52. The quantitative estimate of drug-likeness (QED) is 0.637. The SMILES string of the molecule is COCc1ccc(C(=O)N2CCC(c3ccc(C#N)cc3)CC2)cc1-c1[nH]c(C)nc1C. The summed E-state index contributed by atoms with van der Waals surface area (Å²) in [5.41, 5.74) is 6.43. The van der Waals surface area contributed by atoms with E-state index < -0.39 is 0 Å². The summed E-state index contributed by atoms with van der Waals surface area (Å²) >= 11 is 0. The predicted octanol–water partition coefficient (Wildman–Crippen LogP) is 4.73. The van der Waals surface area contributed by atoms with Crippen molar-refractivity contribution >= 4 is 5.91 Å². The monoisotopic (exact) mass is 428 g/mol.